The van der Waals surface area contributed by atoms with Gasteiger partial charge in [0.05, 0.1) is 31.3 Å². The zero-order valence-electron chi connectivity index (χ0n) is 11.0. The molecule has 2 heterocycles. The van der Waals surface area contributed by atoms with Crippen molar-refractivity contribution in [3.8, 4) is 0 Å². The summed E-state index contributed by atoms with van der Waals surface area (Å²) in [7, 11) is 0. The van der Waals surface area contributed by atoms with Crippen LogP contribution >= 0.6 is 0 Å². The van der Waals surface area contributed by atoms with E-state index in [1.165, 1.54) is 0 Å². The monoisotopic (exact) mass is 255 g/mol. The molecule has 102 valence electrons. The molecule has 1 aliphatic heterocycles. The lowest BCUT2D eigenvalue weighted by Gasteiger charge is -2.18. The van der Waals surface area contributed by atoms with Gasteiger partial charge < -0.3 is 19.7 Å². The zero-order valence-corrected chi connectivity index (χ0v) is 11.0. The van der Waals surface area contributed by atoms with E-state index in [9.17, 15) is 0 Å². The van der Waals surface area contributed by atoms with Crippen molar-refractivity contribution < 1.29 is 14.0 Å². The Hall–Kier alpha value is -0.980. The SMILES string of the molecule is CC(C)OCC(N)c1noc(C2CCCOC2)n1. The Kier molecular flexibility index (Phi) is 4.68. The first-order valence-electron chi connectivity index (χ1n) is 6.45. The Labute approximate surface area is 107 Å². The minimum absolute atomic E-state index is 0.147. The molecule has 2 atom stereocenters. The summed E-state index contributed by atoms with van der Waals surface area (Å²) in [6.07, 6.45) is 2.21. The first-order chi connectivity index (χ1) is 8.66. The maximum Gasteiger partial charge on any atom is 0.232 e. The van der Waals surface area contributed by atoms with Crippen molar-refractivity contribution in [3.63, 3.8) is 0 Å². The fourth-order valence-electron chi connectivity index (χ4n) is 1.87. The van der Waals surface area contributed by atoms with Gasteiger partial charge in [0.25, 0.3) is 0 Å². The van der Waals surface area contributed by atoms with Gasteiger partial charge in [-0.2, -0.15) is 4.98 Å². The highest BCUT2D eigenvalue weighted by Gasteiger charge is 2.23. The number of hydrogen-bond acceptors (Lipinski definition) is 6. The van der Waals surface area contributed by atoms with E-state index in [1.807, 2.05) is 13.8 Å². The van der Waals surface area contributed by atoms with Crippen LogP contribution in [0.25, 0.3) is 0 Å². The molecule has 2 unspecified atom stereocenters. The van der Waals surface area contributed by atoms with Gasteiger partial charge in [0.15, 0.2) is 5.82 Å². The molecule has 0 saturated carbocycles. The van der Waals surface area contributed by atoms with Crippen LogP contribution in [0.5, 0.6) is 0 Å². The summed E-state index contributed by atoms with van der Waals surface area (Å²) < 4.78 is 16.1. The lowest BCUT2D eigenvalue weighted by atomic mass is 10.0. The normalized spacial score (nSPS) is 22.3. The van der Waals surface area contributed by atoms with E-state index in [-0.39, 0.29) is 18.1 Å². The predicted octanol–water partition coefficient (Wildman–Crippen LogP) is 1.39. The third-order valence-electron chi connectivity index (χ3n) is 2.91. The van der Waals surface area contributed by atoms with E-state index < -0.39 is 0 Å². The van der Waals surface area contributed by atoms with Crippen LogP contribution in [-0.2, 0) is 9.47 Å². The average Bonchev–Trinajstić information content (AvgIpc) is 2.86. The van der Waals surface area contributed by atoms with Gasteiger partial charge in [-0.25, -0.2) is 0 Å². The second kappa shape index (κ2) is 6.26. The van der Waals surface area contributed by atoms with Crippen LogP contribution in [0.1, 0.15) is 50.4 Å². The minimum atomic E-state index is -0.339. The molecule has 0 amide bonds. The average molecular weight is 255 g/mol. The van der Waals surface area contributed by atoms with Crippen molar-refractivity contribution in [3.05, 3.63) is 11.7 Å². The molecular formula is C12H21N3O3. The summed E-state index contributed by atoms with van der Waals surface area (Å²) >= 11 is 0. The quantitative estimate of drug-likeness (QED) is 0.856. The number of rotatable bonds is 5. The van der Waals surface area contributed by atoms with Crippen LogP contribution < -0.4 is 5.73 Å². The molecule has 0 aromatic carbocycles. The Balaban J connectivity index is 1.92. The molecule has 0 aliphatic carbocycles. The van der Waals surface area contributed by atoms with Gasteiger partial charge >= 0.3 is 0 Å². The third kappa shape index (κ3) is 3.51. The Morgan fingerprint density at radius 2 is 2.33 bits per heavy atom. The van der Waals surface area contributed by atoms with Crippen LogP contribution in [0.3, 0.4) is 0 Å². The van der Waals surface area contributed by atoms with E-state index in [0.717, 1.165) is 19.4 Å². The molecule has 0 spiro atoms. The molecule has 0 radical (unpaired) electrons. The molecule has 18 heavy (non-hydrogen) atoms. The number of ether oxygens (including phenoxy) is 2. The van der Waals surface area contributed by atoms with Crippen molar-refractivity contribution in [1.29, 1.82) is 0 Å². The smallest absolute Gasteiger partial charge is 0.232 e. The van der Waals surface area contributed by atoms with E-state index in [0.29, 0.717) is 24.9 Å². The number of aromatic nitrogens is 2. The second-order valence-corrected chi connectivity index (χ2v) is 4.89. The van der Waals surface area contributed by atoms with Crippen LogP contribution in [0.4, 0.5) is 0 Å². The van der Waals surface area contributed by atoms with Crippen LogP contribution in [0, 0.1) is 0 Å². The molecular weight excluding hydrogens is 234 g/mol. The van der Waals surface area contributed by atoms with E-state index in [1.54, 1.807) is 0 Å². The Morgan fingerprint density at radius 3 is 3.00 bits per heavy atom. The van der Waals surface area contributed by atoms with Gasteiger partial charge in [0.1, 0.15) is 0 Å². The molecule has 1 aliphatic rings. The first kappa shape index (κ1) is 13.5. The van der Waals surface area contributed by atoms with Crippen molar-refractivity contribution >= 4 is 0 Å². The minimum Gasteiger partial charge on any atom is -0.381 e. The second-order valence-electron chi connectivity index (χ2n) is 4.89. The molecule has 1 fully saturated rings. The molecule has 1 aromatic heterocycles. The van der Waals surface area contributed by atoms with Crippen molar-refractivity contribution in [2.45, 2.75) is 44.8 Å². The number of nitrogens with zero attached hydrogens (tertiary/aromatic N) is 2. The summed E-state index contributed by atoms with van der Waals surface area (Å²) in [6, 6.07) is -0.339. The fraction of sp³-hybridized carbons (Fsp3) is 0.833. The summed E-state index contributed by atoms with van der Waals surface area (Å²) in [5, 5.41) is 3.92. The van der Waals surface area contributed by atoms with Crippen LogP contribution in [0.2, 0.25) is 0 Å². The van der Waals surface area contributed by atoms with E-state index in [2.05, 4.69) is 10.1 Å². The van der Waals surface area contributed by atoms with Crippen molar-refractivity contribution in [1.82, 2.24) is 10.1 Å². The van der Waals surface area contributed by atoms with E-state index in [4.69, 9.17) is 19.7 Å². The van der Waals surface area contributed by atoms with Gasteiger partial charge in [0, 0.05) is 6.61 Å². The molecule has 6 heteroatoms. The summed E-state index contributed by atoms with van der Waals surface area (Å²) in [4.78, 5) is 4.35. The van der Waals surface area contributed by atoms with Crippen LogP contribution in [-0.4, -0.2) is 36.1 Å². The van der Waals surface area contributed by atoms with Gasteiger partial charge in [-0.3, -0.25) is 0 Å². The number of hydrogen-bond donors (Lipinski definition) is 1. The van der Waals surface area contributed by atoms with Gasteiger partial charge in [0.2, 0.25) is 5.89 Å². The van der Waals surface area contributed by atoms with E-state index >= 15 is 0 Å². The maximum atomic E-state index is 5.94. The summed E-state index contributed by atoms with van der Waals surface area (Å²) in [5.41, 5.74) is 5.94. The van der Waals surface area contributed by atoms with Gasteiger partial charge in [-0.05, 0) is 26.7 Å². The lowest BCUT2D eigenvalue weighted by Crippen LogP contribution is -2.21. The highest BCUT2D eigenvalue weighted by Crippen LogP contribution is 2.24. The zero-order chi connectivity index (χ0) is 13.0. The highest BCUT2D eigenvalue weighted by molar-refractivity contribution is 4.98. The molecule has 1 aromatic rings. The largest absolute Gasteiger partial charge is 0.381 e. The standard InChI is InChI=1S/C12H21N3O3/c1-8(2)17-7-10(13)11-14-12(18-15-11)9-4-3-5-16-6-9/h8-10H,3-7,13H2,1-2H3. The lowest BCUT2D eigenvalue weighted by molar-refractivity contribution is 0.0664. The maximum absolute atomic E-state index is 5.94. The predicted molar refractivity (Wildman–Crippen MR) is 65.1 cm³/mol. The molecule has 1 saturated heterocycles. The number of nitrogens with two attached hydrogens (primary N) is 1. The molecule has 6 nitrogen and oxygen atoms in total. The van der Waals surface area contributed by atoms with Crippen LogP contribution in [0.15, 0.2) is 4.52 Å². The first-order valence-corrected chi connectivity index (χ1v) is 6.45. The highest BCUT2D eigenvalue weighted by atomic mass is 16.5. The third-order valence-corrected chi connectivity index (χ3v) is 2.91. The summed E-state index contributed by atoms with van der Waals surface area (Å²) in [5.74, 6) is 1.35. The topological polar surface area (TPSA) is 83.4 Å². The molecule has 0 bridgehead atoms. The van der Waals surface area contributed by atoms with Gasteiger partial charge in [-0.15, -0.1) is 0 Å². The van der Waals surface area contributed by atoms with Crippen molar-refractivity contribution in [2.75, 3.05) is 19.8 Å². The van der Waals surface area contributed by atoms with Crippen molar-refractivity contribution in [2.24, 2.45) is 5.73 Å². The molecule has 2 rings (SSSR count). The summed E-state index contributed by atoms with van der Waals surface area (Å²) in [6.45, 7) is 5.80. The fourth-order valence-corrected chi connectivity index (χ4v) is 1.87. The molecule has 2 N–H and O–H groups in total. The van der Waals surface area contributed by atoms with Gasteiger partial charge in [-0.1, -0.05) is 5.16 Å². The Bertz CT molecular complexity index is 361. The Morgan fingerprint density at radius 1 is 1.50 bits per heavy atom.